The van der Waals surface area contributed by atoms with Crippen molar-refractivity contribution < 1.29 is 14.7 Å². The molecule has 0 unspecified atom stereocenters. The van der Waals surface area contributed by atoms with Crippen molar-refractivity contribution in [1.29, 1.82) is 0 Å². The van der Waals surface area contributed by atoms with Crippen LogP contribution in [0.5, 0.6) is 0 Å². The van der Waals surface area contributed by atoms with E-state index in [-0.39, 0.29) is 11.7 Å². The lowest BCUT2D eigenvalue weighted by Crippen LogP contribution is -2.35. The van der Waals surface area contributed by atoms with Gasteiger partial charge < -0.3 is 16.2 Å². The number of carbonyl (C=O) groups excluding carboxylic acids is 2. The fraction of sp³-hybridized carbons (Fsp3) is 0.182. The Morgan fingerprint density at radius 1 is 1.15 bits per heavy atom. The number of anilines is 1. The molecule has 2 aromatic carbocycles. The third-order valence-corrected chi connectivity index (χ3v) is 4.50. The summed E-state index contributed by atoms with van der Waals surface area (Å²) in [6.45, 7) is -0.510. The SMILES string of the molecule is N[C@@H](CC1=CCc2ccccc21)C(=O)Nc1ccc(/C=C/C(=O)CO)cc1. The van der Waals surface area contributed by atoms with Crippen molar-refractivity contribution in [3.8, 4) is 0 Å². The van der Waals surface area contributed by atoms with Gasteiger partial charge in [0.15, 0.2) is 5.78 Å². The van der Waals surface area contributed by atoms with Gasteiger partial charge in [0.2, 0.25) is 5.91 Å². The molecule has 3 rings (SSSR count). The number of benzene rings is 2. The van der Waals surface area contributed by atoms with E-state index in [2.05, 4.69) is 23.5 Å². The topological polar surface area (TPSA) is 92.4 Å². The van der Waals surface area contributed by atoms with Gasteiger partial charge in [-0.3, -0.25) is 9.59 Å². The van der Waals surface area contributed by atoms with E-state index in [1.807, 2.05) is 12.1 Å². The Morgan fingerprint density at radius 3 is 2.63 bits per heavy atom. The first-order chi connectivity index (χ1) is 13.1. The minimum absolute atomic E-state index is 0.237. The highest BCUT2D eigenvalue weighted by Crippen LogP contribution is 2.30. The van der Waals surface area contributed by atoms with Crippen molar-refractivity contribution in [2.24, 2.45) is 5.73 Å². The molecule has 0 bridgehead atoms. The quantitative estimate of drug-likeness (QED) is 0.660. The van der Waals surface area contributed by atoms with Gasteiger partial charge in [-0.2, -0.15) is 0 Å². The summed E-state index contributed by atoms with van der Waals surface area (Å²) in [4.78, 5) is 23.5. The van der Waals surface area contributed by atoms with Crippen LogP contribution in [-0.2, 0) is 16.0 Å². The van der Waals surface area contributed by atoms with E-state index >= 15 is 0 Å². The van der Waals surface area contributed by atoms with Crippen LogP contribution in [0.2, 0.25) is 0 Å². The fourth-order valence-electron chi connectivity index (χ4n) is 3.03. The maximum absolute atomic E-state index is 12.4. The zero-order chi connectivity index (χ0) is 19.2. The molecule has 0 fully saturated rings. The average Bonchev–Trinajstić information content (AvgIpc) is 3.10. The Morgan fingerprint density at radius 2 is 1.89 bits per heavy atom. The van der Waals surface area contributed by atoms with Crippen LogP contribution in [-0.4, -0.2) is 29.4 Å². The number of nitrogens with one attached hydrogen (secondary N) is 1. The molecule has 27 heavy (non-hydrogen) atoms. The molecule has 1 atom stereocenters. The molecule has 138 valence electrons. The first kappa shape index (κ1) is 18.8. The second-order valence-electron chi connectivity index (χ2n) is 6.47. The molecule has 0 saturated carbocycles. The highest BCUT2D eigenvalue weighted by Gasteiger charge is 2.20. The summed E-state index contributed by atoms with van der Waals surface area (Å²) < 4.78 is 0. The molecule has 0 aromatic heterocycles. The van der Waals surface area contributed by atoms with Gasteiger partial charge in [-0.05, 0) is 53.3 Å². The summed E-state index contributed by atoms with van der Waals surface area (Å²) in [5.74, 6) is -0.597. The molecule has 1 aliphatic rings. The highest BCUT2D eigenvalue weighted by atomic mass is 16.3. The van der Waals surface area contributed by atoms with Crippen molar-refractivity contribution in [3.05, 3.63) is 77.4 Å². The Bertz CT molecular complexity index is 898. The molecule has 0 heterocycles. The standard InChI is InChI=1S/C22H22N2O3/c23-21(13-17-9-8-16-3-1-2-4-20(16)17)22(27)24-18-10-5-15(6-11-18)7-12-19(26)14-25/h1-7,9-12,21,25H,8,13-14,23H2,(H,24,27)/b12-7+/t21-/m0/s1. The zero-order valence-electron chi connectivity index (χ0n) is 14.9. The Balaban J connectivity index is 1.57. The number of ketones is 1. The van der Waals surface area contributed by atoms with Crippen LogP contribution in [0.4, 0.5) is 5.69 Å². The van der Waals surface area contributed by atoms with E-state index in [9.17, 15) is 9.59 Å². The number of carbonyl (C=O) groups is 2. The lowest BCUT2D eigenvalue weighted by Gasteiger charge is -2.14. The number of amides is 1. The van der Waals surface area contributed by atoms with E-state index in [0.29, 0.717) is 12.1 Å². The second-order valence-corrected chi connectivity index (χ2v) is 6.47. The first-order valence-electron chi connectivity index (χ1n) is 8.82. The predicted octanol–water partition coefficient (Wildman–Crippen LogP) is 2.56. The third kappa shape index (κ3) is 4.78. The van der Waals surface area contributed by atoms with Crippen LogP contribution < -0.4 is 11.1 Å². The van der Waals surface area contributed by atoms with Crippen molar-refractivity contribution in [2.45, 2.75) is 18.9 Å². The van der Waals surface area contributed by atoms with Crippen LogP contribution in [0.25, 0.3) is 11.6 Å². The molecule has 0 saturated heterocycles. The molecular weight excluding hydrogens is 340 g/mol. The summed E-state index contributed by atoms with van der Waals surface area (Å²) in [5, 5.41) is 11.5. The summed E-state index contributed by atoms with van der Waals surface area (Å²) in [5.41, 5.74) is 11.1. The molecule has 0 spiro atoms. The van der Waals surface area contributed by atoms with Gasteiger partial charge in [0.1, 0.15) is 6.61 Å². The number of nitrogens with two attached hydrogens (primary N) is 1. The number of allylic oxidation sites excluding steroid dienone is 1. The van der Waals surface area contributed by atoms with Crippen molar-refractivity contribution in [2.75, 3.05) is 11.9 Å². The van der Waals surface area contributed by atoms with E-state index in [4.69, 9.17) is 10.8 Å². The largest absolute Gasteiger partial charge is 0.388 e. The van der Waals surface area contributed by atoms with Gasteiger partial charge in [0.05, 0.1) is 6.04 Å². The van der Waals surface area contributed by atoms with Crippen molar-refractivity contribution in [3.63, 3.8) is 0 Å². The smallest absolute Gasteiger partial charge is 0.241 e. The number of hydrogen-bond donors (Lipinski definition) is 3. The molecule has 1 aliphatic carbocycles. The number of hydrogen-bond acceptors (Lipinski definition) is 4. The number of rotatable bonds is 7. The molecule has 5 nitrogen and oxygen atoms in total. The molecule has 0 aliphatic heterocycles. The molecule has 1 amide bonds. The van der Waals surface area contributed by atoms with Crippen LogP contribution in [0.3, 0.4) is 0 Å². The van der Waals surface area contributed by atoms with Gasteiger partial charge in [0, 0.05) is 5.69 Å². The van der Waals surface area contributed by atoms with Gasteiger partial charge in [-0.1, -0.05) is 48.6 Å². The molecular formula is C22H22N2O3. The van der Waals surface area contributed by atoms with Gasteiger partial charge in [0.25, 0.3) is 0 Å². The second kappa shape index (κ2) is 8.58. The maximum atomic E-state index is 12.4. The van der Waals surface area contributed by atoms with Gasteiger partial charge in [-0.25, -0.2) is 0 Å². The summed E-state index contributed by atoms with van der Waals surface area (Å²) >= 11 is 0. The molecule has 0 radical (unpaired) electrons. The van der Waals surface area contributed by atoms with Crippen LogP contribution in [0.1, 0.15) is 23.1 Å². The van der Waals surface area contributed by atoms with Crippen LogP contribution in [0.15, 0.2) is 60.7 Å². The van der Waals surface area contributed by atoms with E-state index < -0.39 is 12.6 Å². The van der Waals surface area contributed by atoms with Crippen LogP contribution >= 0.6 is 0 Å². The van der Waals surface area contributed by atoms with Crippen LogP contribution in [0, 0.1) is 0 Å². The highest BCUT2D eigenvalue weighted by molar-refractivity contribution is 5.96. The van der Waals surface area contributed by atoms with Crippen molar-refractivity contribution in [1.82, 2.24) is 0 Å². The van der Waals surface area contributed by atoms with E-state index in [1.165, 1.54) is 17.2 Å². The summed E-state index contributed by atoms with van der Waals surface area (Å²) in [6.07, 6.45) is 6.43. The summed E-state index contributed by atoms with van der Waals surface area (Å²) in [6, 6.07) is 14.6. The molecule has 5 heteroatoms. The number of aliphatic hydroxyl groups excluding tert-OH is 1. The number of fused-ring (bicyclic) bond motifs is 1. The Kier molecular flexibility index (Phi) is 5.96. The molecule has 2 aromatic rings. The zero-order valence-corrected chi connectivity index (χ0v) is 14.9. The normalized spacial score (nSPS) is 13.9. The molecule has 4 N–H and O–H groups in total. The fourth-order valence-corrected chi connectivity index (χ4v) is 3.03. The Labute approximate surface area is 158 Å². The van der Waals surface area contributed by atoms with Gasteiger partial charge >= 0.3 is 0 Å². The lowest BCUT2D eigenvalue weighted by atomic mass is 9.99. The minimum Gasteiger partial charge on any atom is -0.388 e. The van der Waals surface area contributed by atoms with E-state index in [0.717, 1.165) is 17.6 Å². The van der Waals surface area contributed by atoms with E-state index in [1.54, 1.807) is 30.3 Å². The predicted molar refractivity (Wildman–Crippen MR) is 107 cm³/mol. The van der Waals surface area contributed by atoms with Gasteiger partial charge in [-0.15, -0.1) is 0 Å². The summed E-state index contributed by atoms with van der Waals surface area (Å²) in [7, 11) is 0. The monoisotopic (exact) mass is 362 g/mol. The Hall–Kier alpha value is -3.02. The lowest BCUT2D eigenvalue weighted by molar-refractivity contribution is -0.117. The first-order valence-corrected chi connectivity index (χ1v) is 8.82. The van der Waals surface area contributed by atoms with Crippen molar-refractivity contribution >= 4 is 29.0 Å². The maximum Gasteiger partial charge on any atom is 0.241 e. The third-order valence-electron chi connectivity index (χ3n) is 4.50. The number of aliphatic hydroxyl groups is 1. The minimum atomic E-state index is -0.635. The average molecular weight is 362 g/mol.